The highest BCUT2D eigenvalue weighted by Gasteiger charge is 2.03. The second-order valence-electron chi connectivity index (χ2n) is 3.49. The van der Waals surface area contributed by atoms with Gasteiger partial charge in [-0.3, -0.25) is 0 Å². The van der Waals surface area contributed by atoms with Crippen LogP contribution in [0.1, 0.15) is 12.7 Å². The topological polar surface area (TPSA) is 25.2 Å². The molecule has 1 aromatic heterocycles. The zero-order valence-electron chi connectivity index (χ0n) is 9.57. The van der Waals surface area contributed by atoms with Crippen LogP contribution < -0.4 is 5.32 Å². The van der Waals surface area contributed by atoms with Crippen molar-refractivity contribution in [2.45, 2.75) is 18.4 Å². The monoisotopic (exact) mass is 359 g/mol. The number of halogens is 1. The van der Waals surface area contributed by atoms with Crippen molar-refractivity contribution in [3.63, 3.8) is 0 Å². The molecule has 1 heterocycles. The van der Waals surface area contributed by atoms with Crippen molar-refractivity contribution in [3.8, 4) is 0 Å². The highest BCUT2D eigenvalue weighted by molar-refractivity contribution is 14.1. The molecule has 0 unspecified atom stereocenters. The van der Waals surface area contributed by atoms with Gasteiger partial charge in [0.05, 0.1) is 6.54 Å². The van der Waals surface area contributed by atoms with E-state index in [1.165, 1.54) is 10.6 Å². The van der Waals surface area contributed by atoms with Crippen LogP contribution in [0.25, 0.3) is 0 Å². The summed E-state index contributed by atoms with van der Waals surface area (Å²) in [7, 11) is 0. The summed E-state index contributed by atoms with van der Waals surface area (Å²) in [5.74, 6) is 2.04. The Morgan fingerprint density at radius 3 is 2.76 bits per heavy atom. The lowest BCUT2D eigenvalue weighted by Gasteiger charge is -2.09. The fourth-order valence-electron chi connectivity index (χ4n) is 1.52. The molecule has 0 atom stereocenters. The van der Waals surface area contributed by atoms with Gasteiger partial charge in [0.25, 0.3) is 0 Å². The Balaban J connectivity index is 2.03. The zero-order chi connectivity index (χ0) is 12.1. The summed E-state index contributed by atoms with van der Waals surface area (Å²) >= 11 is 4.02. The lowest BCUT2D eigenvalue weighted by molar-refractivity contribution is 0.492. The molecule has 17 heavy (non-hydrogen) atoms. The number of hydrogen-bond acceptors (Lipinski definition) is 3. The van der Waals surface area contributed by atoms with Crippen LogP contribution in [0.15, 0.2) is 45.7 Å². The van der Waals surface area contributed by atoms with E-state index in [-0.39, 0.29) is 0 Å². The molecular formula is C13H14INOS. The number of para-hydroxylation sites is 1. The summed E-state index contributed by atoms with van der Waals surface area (Å²) in [4.78, 5) is 1.29. The molecule has 0 bridgehead atoms. The largest absolute Gasteiger partial charge is 0.454 e. The molecule has 2 nitrogen and oxygen atoms in total. The standard InChI is InChI=1S/C13H14INOS/c1-2-17-12-6-4-3-5-11(12)15-9-10-7-8-13(14)16-10/h3-8,15H,2,9H2,1H3. The van der Waals surface area contributed by atoms with Gasteiger partial charge in [0.1, 0.15) is 5.76 Å². The van der Waals surface area contributed by atoms with E-state index in [9.17, 15) is 0 Å². The maximum atomic E-state index is 5.52. The third kappa shape index (κ3) is 3.67. The van der Waals surface area contributed by atoms with E-state index in [1.54, 1.807) is 0 Å². The highest BCUT2D eigenvalue weighted by Crippen LogP contribution is 2.27. The SMILES string of the molecule is CCSc1ccccc1NCc1ccc(I)o1. The molecule has 0 saturated carbocycles. The van der Waals surface area contributed by atoms with Crippen molar-refractivity contribution >= 4 is 40.0 Å². The average Bonchev–Trinajstić information content (AvgIpc) is 2.74. The van der Waals surface area contributed by atoms with Crippen LogP contribution in [0.5, 0.6) is 0 Å². The number of anilines is 1. The maximum absolute atomic E-state index is 5.52. The first kappa shape index (κ1) is 12.8. The smallest absolute Gasteiger partial charge is 0.164 e. The van der Waals surface area contributed by atoms with E-state index in [0.29, 0.717) is 0 Å². The number of hydrogen-bond donors (Lipinski definition) is 1. The van der Waals surface area contributed by atoms with Crippen LogP contribution in [0.3, 0.4) is 0 Å². The summed E-state index contributed by atoms with van der Waals surface area (Å²) in [6, 6.07) is 12.3. The summed E-state index contributed by atoms with van der Waals surface area (Å²) in [5, 5.41) is 3.41. The third-order valence-electron chi connectivity index (χ3n) is 2.27. The number of rotatable bonds is 5. The molecule has 0 aliphatic carbocycles. The second kappa shape index (κ2) is 6.35. The minimum Gasteiger partial charge on any atom is -0.454 e. The van der Waals surface area contributed by atoms with Crippen molar-refractivity contribution in [2.24, 2.45) is 0 Å². The molecule has 0 spiro atoms. The normalized spacial score (nSPS) is 10.5. The zero-order valence-corrected chi connectivity index (χ0v) is 12.5. The highest BCUT2D eigenvalue weighted by atomic mass is 127. The van der Waals surface area contributed by atoms with Gasteiger partial charge in [-0.05, 0) is 52.6 Å². The Bertz CT molecular complexity index is 484. The number of thioether (sulfide) groups is 1. The average molecular weight is 359 g/mol. The third-order valence-corrected chi connectivity index (χ3v) is 3.80. The fraction of sp³-hybridized carbons (Fsp3) is 0.231. The number of benzene rings is 1. The predicted octanol–water partition coefficient (Wildman–Crippen LogP) is 4.61. The van der Waals surface area contributed by atoms with Crippen molar-refractivity contribution in [1.29, 1.82) is 0 Å². The van der Waals surface area contributed by atoms with Crippen LogP contribution in [0, 0.1) is 3.77 Å². The molecule has 90 valence electrons. The lowest BCUT2D eigenvalue weighted by Crippen LogP contribution is -1.99. The van der Waals surface area contributed by atoms with Gasteiger partial charge < -0.3 is 9.73 Å². The quantitative estimate of drug-likeness (QED) is 0.624. The van der Waals surface area contributed by atoms with Gasteiger partial charge >= 0.3 is 0 Å². The van der Waals surface area contributed by atoms with Gasteiger partial charge in [0.2, 0.25) is 0 Å². The Hall–Kier alpha value is -0.620. The first-order chi connectivity index (χ1) is 8.29. The molecule has 2 aromatic rings. The molecule has 0 fully saturated rings. The van der Waals surface area contributed by atoms with E-state index in [1.807, 2.05) is 30.0 Å². The molecule has 0 amide bonds. The number of furan rings is 1. The van der Waals surface area contributed by atoms with E-state index < -0.39 is 0 Å². The predicted molar refractivity (Wildman–Crippen MR) is 81.6 cm³/mol. The summed E-state index contributed by atoms with van der Waals surface area (Å²) in [5.41, 5.74) is 1.17. The van der Waals surface area contributed by atoms with Gasteiger partial charge in [-0.2, -0.15) is 0 Å². The van der Waals surface area contributed by atoms with Crippen molar-refractivity contribution in [3.05, 3.63) is 45.9 Å². The summed E-state index contributed by atoms with van der Waals surface area (Å²) < 4.78 is 6.45. The molecule has 0 radical (unpaired) electrons. The Labute approximate surface area is 119 Å². The van der Waals surface area contributed by atoms with Crippen LogP contribution in [0.2, 0.25) is 0 Å². The second-order valence-corrected chi connectivity index (χ2v) is 5.86. The Kier molecular flexibility index (Phi) is 4.79. The molecule has 2 rings (SSSR count). The first-order valence-corrected chi connectivity index (χ1v) is 7.56. The molecule has 1 aromatic carbocycles. The van der Waals surface area contributed by atoms with Crippen molar-refractivity contribution < 1.29 is 4.42 Å². The molecule has 0 saturated heterocycles. The van der Waals surface area contributed by atoms with Gasteiger partial charge in [-0.1, -0.05) is 19.1 Å². The van der Waals surface area contributed by atoms with Crippen molar-refractivity contribution in [1.82, 2.24) is 0 Å². The van der Waals surface area contributed by atoms with E-state index >= 15 is 0 Å². The minimum absolute atomic E-state index is 0.726. The Morgan fingerprint density at radius 2 is 2.06 bits per heavy atom. The summed E-state index contributed by atoms with van der Waals surface area (Å²) in [6.07, 6.45) is 0. The molecular weight excluding hydrogens is 345 g/mol. The van der Waals surface area contributed by atoms with Crippen LogP contribution in [-0.4, -0.2) is 5.75 Å². The fourth-order valence-corrected chi connectivity index (χ4v) is 2.77. The molecule has 0 aliphatic rings. The van der Waals surface area contributed by atoms with Crippen LogP contribution >= 0.6 is 34.4 Å². The van der Waals surface area contributed by atoms with Gasteiger partial charge in [-0.15, -0.1) is 11.8 Å². The van der Waals surface area contributed by atoms with Gasteiger partial charge in [0.15, 0.2) is 3.77 Å². The minimum atomic E-state index is 0.726. The Morgan fingerprint density at radius 1 is 1.24 bits per heavy atom. The maximum Gasteiger partial charge on any atom is 0.164 e. The number of nitrogens with one attached hydrogen (secondary N) is 1. The molecule has 1 N–H and O–H groups in total. The van der Waals surface area contributed by atoms with Crippen LogP contribution in [0.4, 0.5) is 5.69 Å². The molecule has 4 heteroatoms. The van der Waals surface area contributed by atoms with E-state index in [2.05, 4.69) is 53.0 Å². The van der Waals surface area contributed by atoms with Gasteiger partial charge in [0, 0.05) is 10.6 Å². The van der Waals surface area contributed by atoms with E-state index in [4.69, 9.17) is 4.42 Å². The molecule has 0 aliphatic heterocycles. The lowest BCUT2D eigenvalue weighted by atomic mass is 10.3. The van der Waals surface area contributed by atoms with Gasteiger partial charge in [-0.25, -0.2) is 0 Å². The van der Waals surface area contributed by atoms with Crippen LogP contribution in [-0.2, 0) is 6.54 Å². The van der Waals surface area contributed by atoms with Crippen molar-refractivity contribution in [2.75, 3.05) is 11.1 Å². The van der Waals surface area contributed by atoms with E-state index in [0.717, 1.165) is 21.8 Å². The first-order valence-electron chi connectivity index (χ1n) is 5.49. The summed E-state index contributed by atoms with van der Waals surface area (Å²) in [6.45, 7) is 2.89.